The van der Waals surface area contributed by atoms with E-state index < -0.39 is 0 Å². The van der Waals surface area contributed by atoms with E-state index in [0.29, 0.717) is 24.4 Å². The number of aliphatic hydroxyl groups excluding tert-OH is 1. The van der Waals surface area contributed by atoms with Crippen LogP contribution in [0.4, 0.5) is 0 Å². The molecule has 3 heteroatoms. The summed E-state index contributed by atoms with van der Waals surface area (Å²) < 4.78 is 11.5. The van der Waals surface area contributed by atoms with Crippen LogP contribution in [0, 0.1) is 23.2 Å². The third-order valence-electron chi connectivity index (χ3n) is 5.31. The summed E-state index contributed by atoms with van der Waals surface area (Å²) in [6.45, 7) is 10.6. The summed E-state index contributed by atoms with van der Waals surface area (Å²) in [5.41, 5.74) is 0.00859. The highest BCUT2D eigenvalue weighted by molar-refractivity contribution is 5.05. The Morgan fingerprint density at radius 3 is 2.35 bits per heavy atom. The van der Waals surface area contributed by atoms with E-state index in [4.69, 9.17) is 9.47 Å². The van der Waals surface area contributed by atoms with Gasteiger partial charge in [-0.15, -0.1) is 0 Å². The lowest BCUT2D eigenvalue weighted by Crippen LogP contribution is -2.54. The van der Waals surface area contributed by atoms with Crippen molar-refractivity contribution in [1.82, 2.24) is 0 Å². The molecular formula is C17H28O3. The molecule has 0 aromatic carbocycles. The molecule has 4 saturated carbocycles. The summed E-state index contributed by atoms with van der Waals surface area (Å²) in [5, 5.41) is 10.3. The smallest absolute Gasteiger partial charge is 0.272 e. The van der Waals surface area contributed by atoms with Crippen LogP contribution in [-0.2, 0) is 9.47 Å². The Morgan fingerprint density at radius 1 is 1.20 bits per heavy atom. The maximum atomic E-state index is 10.3. The van der Waals surface area contributed by atoms with Gasteiger partial charge in [0.1, 0.15) is 5.60 Å². The largest absolute Gasteiger partial charge is 0.465 e. The SMILES string of the molecule is C=C(OCC12CC3CC(C1)C(O)C(C3)C2)OC(C)(C)C. The Labute approximate surface area is 122 Å². The van der Waals surface area contributed by atoms with Gasteiger partial charge in [0.2, 0.25) is 0 Å². The molecule has 0 aliphatic heterocycles. The second-order valence-electron chi connectivity index (χ2n) is 8.34. The van der Waals surface area contributed by atoms with Crippen molar-refractivity contribution >= 4 is 0 Å². The van der Waals surface area contributed by atoms with Crippen molar-refractivity contribution in [3.63, 3.8) is 0 Å². The van der Waals surface area contributed by atoms with Crippen molar-refractivity contribution in [1.29, 1.82) is 0 Å². The van der Waals surface area contributed by atoms with Gasteiger partial charge in [-0.05, 0) is 77.2 Å². The Bertz CT molecular complexity index is 380. The molecule has 20 heavy (non-hydrogen) atoms. The molecule has 0 radical (unpaired) electrons. The van der Waals surface area contributed by atoms with Gasteiger partial charge in [-0.2, -0.15) is 0 Å². The van der Waals surface area contributed by atoms with Gasteiger partial charge >= 0.3 is 0 Å². The Morgan fingerprint density at radius 2 is 1.80 bits per heavy atom. The summed E-state index contributed by atoms with van der Waals surface area (Å²) in [6.07, 6.45) is 5.87. The van der Waals surface area contributed by atoms with E-state index in [2.05, 4.69) is 6.58 Å². The normalized spacial score (nSPS) is 42.6. The fourth-order valence-corrected chi connectivity index (χ4v) is 4.95. The van der Waals surface area contributed by atoms with Crippen LogP contribution in [0.1, 0.15) is 52.9 Å². The van der Waals surface area contributed by atoms with Crippen LogP contribution in [0.25, 0.3) is 0 Å². The Kier molecular flexibility index (Phi) is 3.32. The number of hydrogen-bond acceptors (Lipinski definition) is 3. The highest BCUT2D eigenvalue weighted by Gasteiger charge is 2.55. The third kappa shape index (κ3) is 2.69. The minimum absolute atomic E-state index is 0.0614. The molecule has 0 heterocycles. The molecule has 3 nitrogen and oxygen atoms in total. The predicted molar refractivity (Wildman–Crippen MR) is 77.9 cm³/mol. The van der Waals surface area contributed by atoms with Crippen LogP contribution in [0.15, 0.2) is 12.5 Å². The van der Waals surface area contributed by atoms with E-state index in [0.717, 1.165) is 18.8 Å². The fourth-order valence-electron chi connectivity index (χ4n) is 4.95. The van der Waals surface area contributed by atoms with Gasteiger partial charge < -0.3 is 14.6 Å². The van der Waals surface area contributed by atoms with Crippen LogP contribution in [-0.4, -0.2) is 23.4 Å². The molecular weight excluding hydrogens is 252 g/mol. The highest BCUT2D eigenvalue weighted by Crippen LogP contribution is 2.60. The number of hydrogen-bond donors (Lipinski definition) is 1. The maximum Gasteiger partial charge on any atom is 0.272 e. The van der Waals surface area contributed by atoms with Gasteiger partial charge in [0.25, 0.3) is 5.95 Å². The minimum atomic E-state index is -0.255. The van der Waals surface area contributed by atoms with E-state index in [9.17, 15) is 5.11 Å². The molecule has 0 aromatic rings. The number of ether oxygens (including phenoxy) is 2. The maximum absolute atomic E-state index is 10.3. The van der Waals surface area contributed by atoms with Crippen molar-refractivity contribution in [2.45, 2.75) is 64.6 Å². The lowest BCUT2D eigenvalue weighted by molar-refractivity contribution is -0.161. The van der Waals surface area contributed by atoms with Gasteiger partial charge in [0, 0.05) is 5.41 Å². The molecule has 4 rings (SSSR count). The van der Waals surface area contributed by atoms with Crippen LogP contribution in [0.5, 0.6) is 0 Å². The molecule has 4 aliphatic rings. The zero-order chi connectivity index (χ0) is 14.5. The van der Waals surface area contributed by atoms with Gasteiger partial charge in [-0.3, -0.25) is 0 Å². The van der Waals surface area contributed by atoms with E-state index in [-0.39, 0.29) is 17.1 Å². The van der Waals surface area contributed by atoms with E-state index in [1.165, 1.54) is 19.3 Å². The third-order valence-corrected chi connectivity index (χ3v) is 5.31. The number of aliphatic hydroxyl groups is 1. The van der Waals surface area contributed by atoms with Crippen molar-refractivity contribution in [2.24, 2.45) is 23.2 Å². The summed E-state index contributed by atoms with van der Waals surface area (Å²) >= 11 is 0. The van der Waals surface area contributed by atoms with Crippen LogP contribution in [0.2, 0.25) is 0 Å². The second kappa shape index (κ2) is 4.66. The summed E-state index contributed by atoms with van der Waals surface area (Å²) in [4.78, 5) is 0. The zero-order valence-corrected chi connectivity index (χ0v) is 13.0. The molecule has 4 aliphatic carbocycles. The number of rotatable bonds is 4. The Hall–Kier alpha value is -0.700. The van der Waals surface area contributed by atoms with E-state index in [1.54, 1.807) is 0 Å². The molecule has 2 atom stereocenters. The Balaban J connectivity index is 1.59. The van der Waals surface area contributed by atoms with Crippen molar-refractivity contribution in [3.05, 3.63) is 12.5 Å². The standard InChI is InChI=1S/C17H28O3/c1-11(20-16(2,3)4)19-10-17-7-12-5-13(8-17)15(18)14(6-12)9-17/h12-15,18H,1,5-10H2,2-4H3. The molecule has 0 aromatic heterocycles. The molecule has 0 amide bonds. The van der Waals surface area contributed by atoms with Crippen molar-refractivity contribution in [2.75, 3.05) is 6.61 Å². The lowest BCUT2D eigenvalue weighted by Gasteiger charge is -2.58. The quantitative estimate of drug-likeness (QED) is 0.801. The molecule has 1 N–H and O–H groups in total. The van der Waals surface area contributed by atoms with Crippen molar-refractivity contribution in [3.8, 4) is 0 Å². The average Bonchev–Trinajstić information content (AvgIpc) is 2.30. The molecule has 4 bridgehead atoms. The first kappa shape index (κ1) is 14.2. The highest BCUT2D eigenvalue weighted by atomic mass is 16.7. The van der Waals surface area contributed by atoms with Crippen molar-refractivity contribution < 1.29 is 14.6 Å². The first-order chi connectivity index (χ1) is 9.26. The first-order valence-electron chi connectivity index (χ1n) is 7.95. The lowest BCUT2D eigenvalue weighted by atomic mass is 9.49. The zero-order valence-electron chi connectivity index (χ0n) is 13.0. The van der Waals surface area contributed by atoms with Crippen LogP contribution < -0.4 is 0 Å². The molecule has 0 spiro atoms. The van der Waals surface area contributed by atoms with Gasteiger partial charge in [0.05, 0.1) is 12.7 Å². The topological polar surface area (TPSA) is 38.7 Å². The fraction of sp³-hybridized carbons (Fsp3) is 0.882. The minimum Gasteiger partial charge on any atom is -0.465 e. The summed E-state index contributed by atoms with van der Waals surface area (Å²) in [5.74, 6) is 2.24. The summed E-state index contributed by atoms with van der Waals surface area (Å²) in [7, 11) is 0. The second-order valence-corrected chi connectivity index (χ2v) is 8.34. The predicted octanol–water partition coefficient (Wildman–Crippen LogP) is 3.48. The van der Waals surface area contributed by atoms with E-state index >= 15 is 0 Å². The van der Waals surface area contributed by atoms with Gasteiger partial charge in [-0.25, -0.2) is 0 Å². The van der Waals surface area contributed by atoms with E-state index in [1.807, 2.05) is 20.8 Å². The monoisotopic (exact) mass is 280 g/mol. The first-order valence-corrected chi connectivity index (χ1v) is 7.95. The molecule has 4 fully saturated rings. The summed E-state index contributed by atoms with van der Waals surface area (Å²) in [6, 6.07) is 0. The van der Waals surface area contributed by atoms with Gasteiger partial charge in [0.15, 0.2) is 0 Å². The molecule has 114 valence electrons. The molecule has 0 saturated heterocycles. The van der Waals surface area contributed by atoms with Gasteiger partial charge in [-0.1, -0.05) is 0 Å². The van der Waals surface area contributed by atoms with Crippen LogP contribution in [0.3, 0.4) is 0 Å². The van der Waals surface area contributed by atoms with Crippen LogP contribution >= 0.6 is 0 Å². The average molecular weight is 280 g/mol. The molecule has 2 unspecified atom stereocenters.